The van der Waals surface area contributed by atoms with Crippen LogP contribution in [0.4, 0.5) is 0 Å². The summed E-state index contributed by atoms with van der Waals surface area (Å²) >= 11 is 0. The Morgan fingerprint density at radius 3 is 0.857 bits per heavy atom. The van der Waals surface area contributed by atoms with Gasteiger partial charge in [-0.25, -0.2) is 0 Å². The van der Waals surface area contributed by atoms with Gasteiger partial charge in [0, 0.05) is 0 Å². The number of hydrogen-bond acceptors (Lipinski definition) is 1. The maximum absolute atomic E-state index is 8.74. The number of hydrogen-bond donors (Lipinski definition) is 2. The minimum Gasteiger partial charge on any atom is -0.326 e. The highest BCUT2D eigenvalue weighted by Crippen LogP contribution is 2.11. The van der Waals surface area contributed by atoms with E-state index in [2.05, 4.69) is 62.3 Å². The third-order valence-corrected chi connectivity index (χ3v) is 5.24. The summed E-state index contributed by atoms with van der Waals surface area (Å²) in [7, 11) is -3.13. The fourth-order valence-electron chi connectivity index (χ4n) is 2.27. The lowest BCUT2D eigenvalue weighted by Crippen LogP contribution is -1.89. The SMILES string of the molecule is CCCCC(C)CC.CCCCC(C)CC.CCCCC(C)CC.O=[PH](O)O. The molecule has 0 heterocycles. The van der Waals surface area contributed by atoms with E-state index in [1.807, 2.05) is 0 Å². The van der Waals surface area contributed by atoms with Gasteiger partial charge in [0.1, 0.15) is 0 Å². The standard InChI is InChI=1S/3C8H18.H3O3P/c3*1-4-6-7-8(3)5-2;1-4(2)3/h3*8H,4-7H2,1-3H3;4H,(H2,1,2,3). The summed E-state index contributed by atoms with van der Waals surface area (Å²) in [5.41, 5.74) is 0. The van der Waals surface area contributed by atoms with Crippen LogP contribution in [0.15, 0.2) is 0 Å². The molecule has 3 atom stereocenters. The summed E-state index contributed by atoms with van der Waals surface area (Å²) in [6, 6.07) is 0. The second-order valence-electron chi connectivity index (χ2n) is 8.25. The van der Waals surface area contributed by atoms with Crippen molar-refractivity contribution in [2.24, 2.45) is 17.8 Å². The lowest BCUT2D eigenvalue weighted by molar-refractivity contribution is 0.405. The van der Waals surface area contributed by atoms with Crippen molar-refractivity contribution < 1.29 is 14.4 Å². The van der Waals surface area contributed by atoms with E-state index in [1.165, 1.54) is 77.0 Å². The molecule has 0 aliphatic rings. The van der Waals surface area contributed by atoms with E-state index in [4.69, 9.17) is 14.4 Å². The van der Waals surface area contributed by atoms with Gasteiger partial charge >= 0.3 is 8.25 Å². The maximum atomic E-state index is 8.74. The van der Waals surface area contributed by atoms with Crippen molar-refractivity contribution in [2.75, 3.05) is 0 Å². The third kappa shape index (κ3) is 50.2. The Kier molecular flexibility index (Phi) is 40.4. The molecule has 28 heavy (non-hydrogen) atoms. The minimum absolute atomic E-state index is 0.954. The Morgan fingerprint density at radius 2 is 0.750 bits per heavy atom. The average molecular weight is 425 g/mol. The van der Waals surface area contributed by atoms with Gasteiger partial charge in [-0.3, -0.25) is 4.57 Å². The molecule has 3 nitrogen and oxygen atoms in total. The van der Waals surface area contributed by atoms with E-state index in [0.29, 0.717) is 0 Å². The van der Waals surface area contributed by atoms with Gasteiger partial charge in [-0.05, 0) is 17.8 Å². The van der Waals surface area contributed by atoms with Gasteiger partial charge in [-0.15, -0.1) is 0 Å². The van der Waals surface area contributed by atoms with E-state index in [1.54, 1.807) is 0 Å². The van der Waals surface area contributed by atoms with E-state index in [0.717, 1.165) is 17.8 Å². The quantitative estimate of drug-likeness (QED) is 0.307. The van der Waals surface area contributed by atoms with Crippen molar-refractivity contribution in [1.29, 1.82) is 0 Å². The van der Waals surface area contributed by atoms with Crippen molar-refractivity contribution in [2.45, 2.75) is 139 Å². The zero-order chi connectivity index (χ0) is 22.8. The molecule has 0 aliphatic heterocycles. The molecule has 0 aromatic rings. The van der Waals surface area contributed by atoms with Crippen LogP contribution in [0.3, 0.4) is 0 Å². The fourth-order valence-corrected chi connectivity index (χ4v) is 2.27. The predicted molar refractivity (Wildman–Crippen MR) is 130 cm³/mol. The van der Waals surface area contributed by atoms with E-state index in [-0.39, 0.29) is 0 Å². The Bertz CT molecular complexity index is 235. The average Bonchev–Trinajstić information content (AvgIpc) is 2.68. The van der Waals surface area contributed by atoms with Crippen LogP contribution in [0.25, 0.3) is 0 Å². The molecular weight excluding hydrogens is 367 g/mol. The topological polar surface area (TPSA) is 57.5 Å². The molecule has 0 rings (SSSR count). The monoisotopic (exact) mass is 424 g/mol. The number of unbranched alkanes of at least 4 members (excludes halogenated alkanes) is 3. The lowest BCUT2D eigenvalue weighted by atomic mass is 10.0. The molecule has 0 saturated carbocycles. The highest BCUT2D eigenvalue weighted by molar-refractivity contribution is 7.30. The Balaban J connectivity index is -0.000000141. The molecule has 176 valence electrons. The first-order chi connectivity index (χ1) is 13.2. The zero-order valence-electron chi connectivity index (χ0n) is 21.0. The summed E-state index contributed by atoms with van der Waals surface area (Å²) in [6.45, 7) is 20.5. The van der Waals surface area contributed by atoms with Crippen molar-refractivity contribution in [3.8, 4) is 0 Å². The van der Waals surface area contributed by atoms with Crippen LogP contribution >= 0.6 is 8.25 Å². The molecule has 4 heteroatoms. The Hall–Kier alpha value is 0.150. The highest BCUT2D eigenvalue weighted by atomic mass is 31.1. The predicted octanol–water partition coefficient (Wildman–Crippen LogP) is 9.03. The van der Waals surface area contributed by atoms with Gasteiger partial charge < -0.3 is 9.79 Å². The van der Waals surface area contributed by atoms with Crippen LogP contribution in [-0.2, 0) is 4.57 Å². The second kappa shape index (κ2) is 31.8. The van der Waals surface area contributed by atoms with Crippen LogP contribution in [0.2, 0.25) is 0 Å². The summed E-state index contributed by atoms with van der Waals surface area (Å²) in [4.78, 5) is 14.3. The van der Waals surface area contributed by atoms with Crippen molar-refractivity contribution in [3.05, 3.63) is 0 Å². The van der Waals surface area contributed by atoms with Crippen LogP contribution in [0.5, 0.6) is 0 Å². The molecule has 0 aromatic heterocycles. The van der Waals surface area contributed by atoms with Gasteiger partial charge in [-0.2, -0.15) is 0 Å². The van der Waals surface area contributed by atoms with Crippen LogP contribution < -0.4 is 0 Å². The molecule has 0 amide bonds. The molecule has 3 unspecified atom stereocenters. The van der Waals surface area contributed by atoms with Gasteiger partial charge in [-0.1, -0.05) is 139 Å². The summed E-state index contributed by atoms with van der Waals surface area (Å²) in [6.07, 6.45) is 16.6. The lowest BCUT2D eigenvalue weighted by Gasteiger charge is -2.04. The summed E-state index contributed by atoms with van der Waals surface area (Å²) in [5, 5.41) is 0. The molecule has 0 radical (unpaired) electrons. The Labute approximate surface area is 180 Å². The molecule has 0 aromatic carbocycles. The van der Waals surface area contributed by atoms with Gasteiger partial charge in [0.05, 0.1) is 0 Å². The van der Waals surface area contributed by atoms with Crippen molar-refractivity contribution in [1.82, 2.24) is 0 Å². The highest BCUT2D eigenvalue weighted by Gasteiger charge is 1.96. The van der Waals surface area contributed by atoms with E-state index in [9.17, 15) is 0 Å². The molecule has 0 aliphatic carbocycles. The van der Waals surface area contributed by atoms with Crippen LogP contribution in [0, 0.1) is 17.8 Å². The molecule has 0 bridgehead atoms. The molecular formula is C24H57O3P. The number of rotatable bonds is 12. The van der Waals surface area contributed by atoms with Crippen molar-refractivity contribution in [3.63, 3.8) is 0 Å². The van der Waals surface area contributed by atoms with E-state index < -0.39 is 8.25 Å². The first-order valence-electron chi connectivity index (χ1n) is 12.1. The maximum Gasteiger partial charge on any atom is 0.314 e. The smallest absolute Gasteiger partial charge is 0.314 e. The normalized spacial score (nSPS) is 13.1. The van der Waals surface area contributed by atoms with Gasteiger partial charge in [0.25, 0.3) is 0 Å². The summed E-state index contributed by atoms with van der Waals surface area (Å²) < 4.78 is 8.74. The first-order valence-corrected chi connectivity index (χ1v) is 13.4. The Morgan fingerprint density at radius 1 is 0.571 bits per heavy atom. The largest absolute Gasteiger partial charge is 0.326 e. The molecule has 0 spiro atoms. The van der Waals surface area contributed by atoms with E-state index >= 15 is 0 Å². The van der Waals surface area contributed by atoms with Gasteiger partial charge in [0.15, 0.2) is 0 Å². The van der Waals surface area contributed by atoms with Crippen molar-refractivity contribution >= 4 is 8.25 Å². The van der Waals surface area contributed by atoms with Gasteiger partial charge in [0.2, 0.25) is 0 Å². The second-order valence-corrected chi connectivity index (χ2v) is 8.81. The molecule has 0 fully saturated rings. The first kappa shape index (κ1) is 35.6. The zero-order valence-corrected chi connectivity index (χ0v) is 22.0. The van der Waals surface area contributed by atoms with Crippen LogP contribution in [-0.4, -0.2) is 9.79 Å². The minimum atomic E-state index is -3.13. The summed E-state index contributed by atoms with van der Waals surface area (Å²) in [5.74, 6) is 2.86. The molecule has 2 N–H and O–H groups in total. The van der Waals surface area contributed by atoms with Crippen LogP contribution in [0.1, 0.15) is 139 Å². The fraction of sp³-hybridized carbons (Fsp3) is 1.00. The molecule has 0 saturated heterocycles. The third-order valence-electron chi connectivity index (χ3n) is 5.24.